The van der Waals surface area contributed by atoms with Crippen LogP contribution in [0.3, 0.4) is 0 Å². The van der Waals surface area contributed by atoms with Crippen LogP contribution in [0.5, 0.6) is 0 Å². The van der Waals surface area contributed by atoms with Gasteiger partial charge in [-0.25, -0.2) is 0 Å². The number of benzene rings is 1. The van der Waals surface area contributed by atoms with E-state index in [9.17, 15) is 0 Å². The Morgan fingerprint density at radius 3 is 2.44 bits per heavy atom. The van der Waals surface area contributed by atoms with Gasteiger partial charge in [-0.05, 0) is 30.9 Å². The molecule has 2 nitrogen and oxygen atoms in total. The maximum Gasteiger partial charge on any atom is 0.0639 e. The normalized spacial score (nSPS) is 14.8. The van der Waals surface area contributed by atoms with Crippen molar-refractivity contribution in [3.63, 3.8) is 0 Å². The largest absolute Gasteiger partial charge is 0.396 e. The second-order valence-corrected chi connectivity index (χ2v) is 5.68. The van der Waals surface area contributed by atoms with E-state index in [1.165, 1.54) is 0 Å². The quantitative estimate of drug-likeness (QED) is 0.828. The number of hydrogen-bond donors (Lipinski definition) is 2. The van der Waals surface area contributed by atoms with Gasteiger partial charge in [-0.1, -0.05) is 49.2 Å². The Hall–Kier alpha value is -0.280. The van der Waals surface area contributed by atoms with Gasteiger partial charge in [-0.15, -0.1) is 0 Å². The van der Waals surface area contributed by atoms with Crippen LogP contribution in [-0.2, 0) is 0 Å². The zero-order valence-electron chi connectivity index (χ0n) is 11.1. The predicted octanol–water partition coefficient (Wildman–Crippen LogP) is 4.05. The van der Waals surface area contributed by atoms with Crippen LogP contribution >= 0.6 is 23.2 Å². The minimum atomic E-state index is 0.107. The predicted molar refractivity (Wildman–Crippen MR) is 78.3 cm³/mol. The van der Waals surface area contributed by atoms with Crippen LogP contribution in [0.25, 0.3) is 0 Å². The van der Waals surface area contributed by atoms with E-state index in [1.54, 1.807) is 6.07 Å². The summed E-state index contributed by atoms with van der Waals surface area (Å²) in [6.07, 6.45) is 0.736. The molecule has 1 rings (SSSR count). The molecule has 4 heteroatoms. The van der Waals surface area contributed by atoms with Crippen LogP contribution in [-0.4, -0.2) is 17.8 Å². The van der Waals surface area contributed by atoms with Crippen molar-refractivity contribution in [1.29, 1.82) is 0 Å². The van der Waals surface area contributed by atoms with E-state index < -0.39 is 0 Å². The molecular weight excluding hydrogens is 269 g/mol. The molecule has 2 N–H and O–H groups in total. The molecule has 0 aliphatic rings. The molecule has 0 amide bonds. The van der Waals surface area contributed by atoms with Gasteiger partial charge in [0, 0.05) is 18.7 Å². The highest BCUT2D eigenvalue weighted by Gasteiger charge is 2.18. The Morgan fingerprint density at radius 2 is 1.89 bits per heavy atom. The summed E-state index contributed by atoms with van der Waals surface area (Å²) in [6, 6.07) is 6.03. The highest BCUT2D eigenvalue weighted by Crippen LogP contribution is 2.30. The molecule has 18 heavy (non-hydrogen) atoms. The first-order valence-corrected chi connectivity index (χ1v) is 7.03. The van der Waals surface area contributed by atoms with Gasteiger partial charge in [-0.3, -0.25) is 0 Å². The third kappa shape index (κ3) is 4.13. The van der Waals surface area contributed by atoms with E-state index in [2.05, 4.69) is 26.1 Å². The fraction of sp³-hybridized carbons (Fsp3) is 0.571. The minimum Gasteiger partial charge on any atom is -0.396 e. The van der Waals surface area contributed by atoms with E-state index in [4.69, 9.17) is 28.3 Å². The summed E-state index contributed by atoms with van der Waals surface area (Å²) < 4.78 is 0. The second kappa shape index (κ2) is 7.34. The molecule has 2 unspecified atom stereocenters. The third-order valence-electron chi connectivity index (χ3n) is 3.16. The zero-order chi connectivity index (χ0) is 13.7. The first-order valence-electron chi connectivity index (χ1n) is 6.28. The molecule has 0 saturated carbocycles. The lowest BCUT2D eigenvalue weighted by Gasteiger charge is -2.26. The van der Waals surface area contributed by atoms with Gasteiger partial charge in [0.25, 0.3) is 0 Å². The Balaban J connectivity index is 2.80. The van der Waals surface area contributed by atoms with Gasteiger partial charge in [-0.2, -0.15) is 0 Å². The monoisotopic (exact) mass is 289 g/mol. The lowest BCUT2D eigenvalue weighted by molar-refractivity contribution is 0.237. The Bertz CT molecular complexity index is 382. The molecule has 0 spiro atoms. The molecule has 1 aromatic carbocycles. The summed E-state index contributed by atoms with van der Waals surface area (Å²) in [6.45, 7) is 6.52. The molecule has 0 saturated heterocycles. The van der Waals surface area contributed by atoms with Crippen LogP contribution in [0.1, 0.15) is 38.8 Å². The average Bonchev–Trinajstić information content (AvgIpc) is 2.31. The fourth-order valence-corrected chi connectivity index (χ4v) is 2.49. The lowest BCUT2D eigenvalue weighted by Crippen LogP contribution is -2.36. The van der Waals surface area contributed by atoms with Crippen LogP contribution in [0.15, 0.2) is 18.2 Å². The van der Waals surface area contributed by atoms with E-state index >= 15 is 0 Å². The van der Waals surface area contributed by atoms with Crippen molar-refractivity contribution in [2.45, 2.75) is 39.3 Å². The third-order valence-corrected chi connectivity index (χ3v) is 3.99. The summed E-state index contributed by atoms with van der Waals surface area (Å²) in [4.78, 5) is 0. The average molecular weight is 290 g/mol. The summed E-state index contributed by atoms with van der Waals surface area (Å²) in [7, 11) is 0. The summed E-state index contributed by atoms with van der Waals surface area (Å²) >= 11 is 12.2. The van der Waals surface area contributed by atoms with Gasteiger partial charge in [0.2, 0.25) is 0 Å². The van der Waals surface area contributed by atoms with Crippen molar-refractivity contribution in [2.24, 2.45) is 5.92 Å². The van der Waals surface area contributed by atoms with Crippen molar-refractivity contribution < 1.29 is 5.11 Å². The molecule has 102 valence electrons. The molecule has 0 bridgehead atoms. The topological polar surface area (TPSA) is 32.3 Å². The number of hydrogen-bond acceptors (Lipinski definition) is 2. The second-order valence-electron chi connectivity index (χ2n) is 4.89. The highest BCUT2D eigenvalue weighted by molar-refractivity contribution is 6.42. The Labute approximate surface area is 119 Å². The Morgan fingerprint density at radius 1 is 1.22 bits per heavy atom. The van der Waals surface area contributed by atoms with Crippen LogP contribution in [0, 0.1) is 5.92 Å². The van der Waals surface area contributed by atoms with Crippen LogP contribution in [0.2, 0.25) is 10.0 Å². The van der Waals surface area contributed by atoms with E-state index in [1.807, 2.05) is 12.1 Å². The van der Waals surface area contributed by atoms with Gasteiger partial charge >= 0.3 is 0 Å². The van der Waals surface area contributed by atoms with Crippen LogP contribution < -0.4 is 5.32 Å². The molecule has 0 aliphatic carbocycles. The van der Waals surface area contributed by atoms with Crippen molar-refractivity contribution >= 4 is 23.2 Å². The molecule has 0 heterocycles. The molecule has 1 aromatic rings. The maximum atomic E-state index is 9.08. The molecular formula is C14H21Cl2NO. The van der Waals surface area contributed by atoms with Gasteiger partial charge in [0.05, 0.1) is 10.0 Å². The summed E-state index contributed by atoms with van der Waals surface area (Å²) in [5.74, 6) is 0.456. The summed E-state index contributed by atoms with van der Waals surface area (Å²) in [5, 5.41) is 13.8. The zero-order valence-corrected chi connectivity index (χ0v) is 12.6. The number of aliphatic hydroxyl groups excluding tert-OH is 1. The molecule has 0 fully saturated rings. The van der Waals surface area contributed by atoms with Crippen molar-refractivity contribution in [3.05, 3.63) is 33.8 Å². The molecule has 0 aliphatic heterocycles. The number of halogens is 2. The Kier molecular flexibility index (Phi) is 6.44. The minimum absolute atomic E-state index is 0.107. The van der Waals surface area contributed by atoms with Crippen molar-refractivity contribution in [1.82, 2.24) is 5.32 Å². The lowest BCUT2D eigenvalue weighted by atomic mass is 9.98. The first kappa shape index (κ1) is 15.8. The van der Waals surface area contributed by atoms with Crippen LogP contribution in [0.4, 0.5) is 0 Å². The molecule has 2 atom stereocenters. The van der Waals surface area contributed by atoms with Gasteiger partial charge in [0.15, 0.2) is 0 Å². The fourth-order valence-electron chi connectivity index (χ4n) is 2.01. The van der Waals surface area contributed by atoms with Crippen molar-refractivity contribution in [3.8, 4) is 0 Å². The number of nitrogens with one attached hydrogen (secondary N) is 1. The van der Waals surface area contributed by atoms with E-state index in [0.717, 1.165) is 12.0 Å². The summed E-state index contributed by atoms with van der Waals surface area (Å²) in [5.41, 5.74) is 0.993. The number of rotatable bonds is 6. The first-order chi connectivity index (χ1) is 8.47. The SMILES string of the molecule is CC(NC(CCO)C(C)C)c1cccc(Cl)c1Cl. The highest BCUT2D eigenvalue weighted by atomic mass is 35.5. The standard InChI is InChI=1S/C14H21Cl2NO/c1-9(2)13(7-8-18)17-10(3)11-5-4-6-12(15)14(11)16/h4-6,9-10,13,17-18H,7-8H2,1-3H3. The number of aliphatic hydroxyl groups is 1. The molecule has 0 aromatic heterocycles. The van der Waals surface area contributed by atoms with E-state index in [-0.39, 0.29) is 18.7 Å². The smallest absolute Gasteiger partial charge is 0.0639 e. The molecule has 0 radical (unpaired) electrons. The van der Waals surface area contributed by atoms with E-state index in [0.29, 0.717) is 16.0 Å². The van der Waals surface area contributed by atoms with Crippen molar-refractivity contribution in [2.75, 3.05) is 6.61 Å². The van der Waals surface area contributed by atoms with Gasteiger partial charge in [0.1, 0.15) is 0 Å². The van der Waals surface area contributed by atoms with Gasteiger partial charge < -0.3 is 10.4 Å². The maximum absolute atomic E-state index is 9.08.